The molecule has 22 heavy (non-hydrogen) atoms. The first-order valence-corrected chi connectivity index (χ1v) is 6.59. The van der Waals surface area contributed by atoms with Crippen molar-refractivity contribution in [3.05, 3.63) is 58.7 Å². The smallest absolute Gasteiger partial charge is 0.347 e. The molecule has 0 aliphatic carbocycles. The normalized spacial score (nSPS) is 9.91. The summed E-state index contributed by atoms with van der Waals surface area (Å²) < 4.78 is 10.5. The first-order chi connectivity index (χ1) is 10.6. The topological polar surface area (TPSA) is 79.6 Å². The van der Waals surface area contributed by atoms with Gasteiger partial charge in [0.1, 0.15) is 17.1 Å². The predicted molar refractivity (Wildman–Crippen MR) is 79.8 cm³/mol. The Kier molecular flexibility index (Phi) is 4.77. The minimum absolute atomic E-state index is 0.174. The molecule has 112 valence electrons. The maximum absolute atomic E-state index is 12.3. The lowest BCUT2D eigenvalue weighted by molar-refractivity contribution is 0.0731. The fourth-order valence-corrected chi connectivity index (χ4v) is 1.98. The van der Waals surface area contributed by atoms with Gasteiger partial charge in [0.05, 0.1) is 25.3 Å². The van der Waals surface area contributed by atoms with Gasteiger partial charge >= 0.3 is 5.97 Å². The number of hydrogen-bond donors (Lipinski definition) is 1. The molecule has 0 radical (unpaired) electrons. The molecule has 2 rings (SSSR count). The van der Waals surface area contributed by atoms with E-state index >= 15 is 0 Å². The SMILES string of the molecule is COc1cc(C)c(CO)cc1C(=O)Oc1ccc(C#N)cc1. The number of nitrogens with zero attached hydrogens (tertiary/aromatic N) is 1. The molecule has 0 spiro atoms. The fraction of sp³-hybridized carbons (Fsp3) is 0.176. The van der Waals surface area contributed by atoms with Crippen molar-refractivity contribution in [2.45, 2.75) is 13.5 Å². The molecule has 2 aromatic rings. The third-order valence-corrected chi connectivity index (χ3v) is 3.24. The minimum Gasteiger partial charge on any atom is -0.496 e. The van der Waals surface area contributed by atoms with Crippen LogP contribution in [-0.2, 0) is 6.61 Å². The molecule has 2 aromatic carbocycles. The van der Waals surface area contributed by atoms with Crippen molar-refractivity contribution in [3.8, 4) is 17.6 Å². The molecule has 5 heteroatoms. The quantitative estimate of drug-likeness (QED) is 0.693. The van der Waals surface area contributed by atoms with Gasteiger partial charge in [-0.1, -0.05) is 0 Å². The summed E-state index contributed by atoms with van der Waals surface area (Å²) in [6.07, 6.45) is 0. The summed E-state index contributed by atoms with van der Waals surface area (Å²) >= 11 is 0. The monoisotopic (exact) mass is 297 g/mol. The van der Waals surface area contributed by atoms with Gasteiger partial charge in [-0.05, 0) is 54.4 Å². The molecule has 0 bridgehead atoms. The van der Waals surface area contributed by atoms with Crippen LogP contribution in [0.3, 0.4) is 0 Å². The molecule has 0 saturated carbocycles. The number of aliphatic hydroxyl groups excluding tert-OH is 1. The maximum Gasteiger partial charge on any atom is 0.347 e. The van der Waals surface area contributed by atoms with Crippen LogP contribution in [0.25, 0.3) is 0 Å². The van der Waals surface area contributed by atoms with Crippen molar-refractivity contribution in [1.29, 1.82) is 5.26 Å². The van der Waals surface area contributed by atoms with Gasteiger partial charge in [-0.3, -0.25) is 0 Å². The van der Waals surface area contributed by atoms with Crippen LogP contribution < -0.4 is 9.47 Å². The van der Waals surface area contributed by atoms with Gasteiger partial charge in [0.2, 0.25) is 0 Å². The zero-order valence-electron chi connectivity index (χ0n) is 12.3. The molecule has 0 aliphatic rings. The van der Waals surface area contributed by atoms with E-state index in [1.807, 2.05) is 13.0 Å². The van der Waals surface area contributed by atoms with Crippen molar-refractivity contribution in [2.24, 2.45) is 0 Å². The Bertz CT molecular complexity index is 730. The zero-order valence-corrected chi connectivity index (χ0v) is 12.3. The highest BCUT2D eigenvalue weighted by atomic mass is 16.5. The zero-order chi connectivity index (χ0) is 16.1. The van der Waals surface area contributed by atoms with Gasteiger partial charge < -0.3 is 14.6 Å². The third-order valence-electron chi connectivity index (χ3n) is 3.24. The molecule has 0 unspecified atom stereocenters. The van der Waals surface area contributed by atoms with Gasteiger partial charge in [0.25, 0.3) is 0 Å². The number of carbonyl (C=O) groups excluding carboxylic acids is 1. The lowest BCUT2D eigenvalue weighted by Crippen LogP contribution is -2.11. The summed E-state index contributed by atoms with van der Waals surface area (Å²) in [7, 11) is 1.46. The fourth-order valence-electron chi connectivity index (χ4n) is 1.98. The standard InChI is InChI=1S/C17H15NO4/c1-11-7-16(21-2)15(8-13(11)10-19)17(20)22-14-5-3-12(9-18)4-6-14/h3-8,19H,10H2,1-2H3. The van der Waals surface area contributed by atoms with E-state index < -0.39 is 5.97 Å². The second-order valence-corrected chi connectivity index (χ2v) is 4.66. The van der Waals surface area contributed by atoms with Crippen LogP contribution in [0.1, 0.15) is 27.0 Å². The lowest BCUT2D eigenvalue weighted by atomic mass is 10.0. The van der Waals surface area contributed by atoms with E-state index in [9.17, 15) is 9.90 Å². The van der Waals surface area contributed by atoms with Gasteiger partial charge in [-0.25, -0.2) is 4.79 Å². The molecule has 0 aromatic heterocycles. The minimum atomic E-state index is -0.587. The van der Waals surface area contributed by atoms with Crippen molar-refractivity contribution in [3.63, 3.8) is 0 Å². The van der Waals surface area contributed by atoms with E-state index in [2.05, 4.69) is 0 Å². The number of carbonyl (C=O) groups is 1. The van der Waals surface area contributed by atoms with Crippen LogP contribution in [0.15, 0.2) is 36.4 Å². The van der Waals surface area contributed by atoms with E-state index in [0.29, 0.717) is 22.6 Å². The first-order valence-electron chi connectivity index (χ1n) is 6.59. The van der Waals surface area contributed by atoms with Crippen LogP contribution in [0.4, 0.5) is 0 Å². The first kappa shape index (κ1) is 15.5. The number of benzene rings is 2. The van der Waals surface area contributed by atoms with Crippen LogP contribution >= 0.6 is 0 Å². The number of nitriles is 1. The highest BCUT2D eigenvalue weighted by molar-refractivity contribution is 5.94. The number of rotatable bonds is 4. The van der Waals surface area contributed by atoms with Crippen LogP contribution in [0.5, 0.6) is 11.5 Å². The van der Waals surface area contributed by atoms with E-state index in [0.717, 1.165) is 5.56 Å². The molecule has 0 amide bonds. The molecule has 0 fully saturated rings. The molecular formula is C17H15NO4. The van der Waals surface area contributed by atoms with E-state index in [1.165, 1.54) is 7.11 Å². The second kappa shape index (κ2) is 6.74. The lowest BCUT2D eigenvalue weighted by Gasteiger charge is -2.12. The van der Waals surface area contributed by atoms with Gasteiger partial charge in [-0.2, -0.15) is 5.26 Å². The van der Waals surface area contributed by atoms with Gasteiger partial charge in [0.15, 0.2) is 0 Å². The summed E-state index contributed by atoms with van der Waals surface area (Å²) in [5.74, 6) is 0.127. The Morgan fingerprint density at radius 2 is 1.95 bits per heavy atom. The van der Waals surface area contributed by atoms with E-state index in [-0.39, 0.29) is 12.2 Å². The van der Waals surface area contributed by atoms with Crippen molar-refractivity contribution in [2.75, 3.05) is 7.11 Å². The number of ether oxygens (including phenoxy) is 2. The van der Waals surface area contributed by atoms with E-state index in [1.54, 1.807) is 36.4 Å². The highest BCUT2D eigenvalue weighted by Gasteiger charge is 2.17. The number of aryl methyl sites for hydroxylation is 1. The largest absolute Gasteiger partial charge is 0.496 e. The molecule has 0 saturated heterocycles. The number of hydrogen-bond acceptors (Lipinski definition) is 5. The maximum atomic E-state index is 12.3. The average Bonchev–Trinajstić information content (AvgIpc) is 2.55. The average molecular weight is 297 g/mol. The second-order valence-electron chi connectivity index (χ2n) is 4.66. The van der Waals surface area contributed by atoms with Gasteiger partial charge in [0, 0.05) is 0 Å². The highest BCUT2D eigenvalue weighted by Crippen LogP contribution is 2.25. The van der Waals surface area contributed by atoms with Crippen molar-refractivity contribution in [1.82, 2.24) is 0 Å². The summed E-state index contributed by atoms with van der Waals surface area (Å²) in [6.45, 7) is 1.65. The van der Waals surface area contributed by atoms with E-state index in [4.69, 9.17) is 14.7 Å². The van der Waals surface area contributed by atoms with Crippen LogP contribution in [-0.4, -0.2) is 18.2 Å². The number of aliphatic hydroxyl groups is 1. The Balaban J connectivity index is 2.30. The molecule has 5 nitrogen and oxygen atoms in total. The predicted octanol–water partition coefficient (Wildman–Crippen LogP) is 2.59. The molecule has 0 atom stereocenters. The van der Waals surface area contributed by atoms with Crippen molar-refractivity contribution < 1.29 is 19.4 Å². The Labute approximate surface area is 128 Å². The summed E-state index contributed by atoms with van der Waals surface area (Å²) in [6, 6.07) is 11.4. The molecule has 0 aliphatic heterocycles. The number of esters is 1. The Morgan fingerprint density at radius 3 is 2.50 bits per heavy atom. The third kappa shape index (κ3) is 3.25. The summed E-state index contributed by atoms with van der Waals surface area (Å²) in [5.41, 5.74) is 2.18. The molecule has 0 heterocycles. The summed E-state index contributed by atoms with van der Waals surface area (Å²) in [4.78, 5) is 12.3. The van der Waals surface area contributed by atoms with Crippen LogP contribution in [0.2, 0.25) is 0 Å². The Morgan fingerprint density at radius 1 is 1.27 bits per heavy atom. The Hall–Kier alpha value is -2.84. The number of methoxy groups -OCH3 is 1. The van der Waals surface area contributed by atoms with Crippen molar-refractivity contribution >= 4 is 5.97 Å². The molecule has 1 N–H and O–H groups in total. The van der Waals surface area contributed by atoms with Gasteiger partial charge in [-0.15, -0.1) is 0 Å². The van der Waals surface area contributed by atoms with Crippen LogP contribution in [0, 0.1) is 18.3 Å². The molecular weight excluding hydrogens is 282 g/mol. The summed E-state index contributed by atoms with van der Waals surface area (Å²) in [5, 5.41) is 18.1.